The van der Waals surface area contributed by atoms with Crippen molar-refractivity contribution in [1.29, 1.82) is 0 Å². The number of carbonyl (C=O) groups is 2. The van der Waals surface area contributed by atoms with Crippen LogP contribution in [-0.2, 0) is 11.3 Å². The normalized spacial score (nSPS) is 9.88. The minimum atomic E-state index is -0.527. The maximum absolute atomic E-state index is 11.2. The van der Waals surface area contributed by atoms with Gasteiger partial charge in [-0.05, 0) is 6.92 Å². The largest absolute Gasteiger partial charge is 0.332 e. The van der Waals surface area contributed by atoms with Crippen molar-refractivity contribution >= 4 is 34.9 Å². The average molecular weight is 262 g/mol. The van der Waals surface area contributed by atoms with E-state index in [0.717, 1.165) is 10.7 Å². The average Bonchev–Trinajstić information content (AvgIpc) is 2.61. The molecule has 1 aromatic heterocycles. The van der Waals surface area contributed by atoms with Crippen molar-refractivity contribution in [3.63, 3.8) is 0 Å². The van der Waals surface area contributed by atoms with Crippen LogP contribution in [0.1, 0.15) is 17.1 Å². The summed E-state index contributed by atoms with van der Waals surface area (Å²) < 4.78 is 0. The van der Waals surface area contributed by atoms with Crippen molar-refractivity contribution in [2.45, 2.75) is 19.9 Å². The van der Waals surface area contributed by atoms with Crippen molar-refractivity contribution in [2.24, 2.45) is 0 Å². The molecule has 0 aliphatic carbocycles. The molecule has 0 radical (unpaired) electrons. The lowest BCUT2D eigenvalue weighted by molar-refractivity contribution is -0.119. The Balaban J connectivity index is 2.27. The number of aryl methyl sites for hydroxylation is 1. The molecule has 3 amide bonds. The number of thiazole rings is 1. The molecule has 5 nitrogen and oxygen atoms in total. The zero-order valence-corrected chi connectivity index (χ0v) is 10.3. The molecule has 0 fully saturated rings. The summed E-state index contributed by atoms with van der Waals surface area (Å²) in [6.07, 6.45) is 0.130. The number of halogens is 1. The van der Waals surface area contributed by atoms with Gasteiger partial charge in [0.05, 0.1) is 17.2 Å². The molecule has 0 saturated carbocycles. The van der Waals surface area contributed by atoms with E-state index in [2.05, 4.69) is 15.6 Å². The van der Waals surface area contributed by atoms with Gasteiger partial charge in [0.15, 0.2) is 0 Å². The molecule has 0 atom stereocenters. The van der Waals surface area contributed by atoms with Gasteiger partial charge in [-0.1, -0.05) is 0 Å². The summed E-state index contributed by atoms with van der Waals surface area (Å²) in [5, 5.41) is 7.49. The van der Waals surface area contributed by atoms with Crippen molar-refractivity contribution in [1.82, 2.24) is 15.6 Å². The van der Waals surface area contributed by atoms with E-state index in [0.29, 0.717) is 6.54 Å². The quantitative estimate of drug-likeness (QED) is 0.805. The Morgan fingerprint density at radius 1 is 1.56 bits per heavy atom. The van der Waals surface area contributed by atoms with E-state index >= 15 is 0 Å². The third kappa shape index (κ3) is 4.59. The molecular formula is C9H12ClN3O2S. The summed E-state index contributed by atoms with van der Waals surface area (Å²) in [7, 11) is 0. The van der Waals surface area contributed by atoms with Crippen LogP contribution >= 0.6 is 22.9 Å². The highest BCUT2D eigenvalue weighted by atomic mass is 35.5. The molecule has 0 spiro atoms. The lowest BCUT2D eigenvalue weighted by Crippen LogP contribution is -2.39. The Bertz CT molecular complexity index is 381. The second-order valence-electron chi connectivity index (χ2n) is 3.03. The fourth-order valence-electron chi connectivity index (χ4n) is 0.979. The zero-order chi connectivity index (χ0) is 12.0. The lowest BCUT2D eigenvalue weighted by Gasteiger charge is -2.03. The van der Waals surface area contributed by atoms with E-state index in [1.54, 1.807) is 0 Å². The number of hydrogen-bond acceptors (Lipinski definition) is 4. The van der Waals surface area contributed by atoms with Gasteiger partial charge in [0, 0.05) is 17.7 Å². The summed E-state index contributed by atoms with van der Waals surface area (Å²) in [4.78, 5) is 26.4. The summed E-state index contributed by atoms with van der Waals surface area (Å²) in [5.74, 6) is -0.188. The van der Waals surface area contributed by atoms with E-state index in [4.69, 9.17) is 11.6 Å². The topological polar surface area (TPSA) is 71.1 Å². The molecule has 88 valence electrons. The lowest BCUT2D eigenvalue weighted by atomic mass is 10.4. The number of nitrogens with one attached hydrogen (secondary N) is 2. The van der Waals surface area contributed by atoms with Crippen LogP contribution in [0.4, 0.5) is 4.79 Å². The van der Waals surface area contributed by atoms with Crippen molar-refractivity contribution in [3.05, 3.63) is 16.1 Å². The van der Waals surface area contributed by atoms with Crippen LogP contribution in [0.3, 0.4) is 0 Å². The highest BCUT2D eigenvalue weighted by molar-refractivity contribution is 7.09. The molecule has 1 rings (SSSR count). The predicted molar refractivity (Wildman–Crippen MR) is 62.6 cm³/mol. The summed E-state index contributed by atoms with van der Waals surface area (Å²) in [6, 6.07) is -0.527. The van der Waals surface area contributed by atoms with Crippen LogP contribution in [-0.4, -0.2) is 22.8 Å². The maximum atomic E-state index is 11.2. The number of nitrogens with zero attached hydrogens (tertiary/aromatic N) is 1. The first-order valence-electron chi connectivity index (χ1n) is 4.66. The fourth-order valence-corrected chi connectivity index (χ4v) is 1.76. The number of urea groups is 1. The van der Waals surface area contributed by atoms with Gasteiger partial charge in [-0.25, -0.2) is 9.78 Å². The van der Waals surface area contributed by atoms with E-state index < -0.39 is 6.03 Å². The number of carbonyl (C=O) groups excluding carboxylic acids is 2. The van der Waals surface area contributed by atoms with Crippen molar-refractivity contribution in [2.75, 3.05) is 5.88 Å². The number of alkyl halides is 1. The molecule has 7 heteroatoms. The Morgan fingerprint density at radius 3 is 2.88 bits per heavy atom. The van der Waals surface area contributed by atoms with Gasteiger partial charge in [0.1, 0.15) is 0 Å². The molecule has 0 bridgehead atoms. The fraction of sp³-hybridized carbons (Fsp3) is 0.444. The molecule has 0 aliphatic rings. The van der Waals surface area contributed by atoms with Crippen molar-refractivity contribution in [3.8, 4) is 0 Å². The second-order valence-corrected chi connectivity index (χ2v) is 4.47. The van der Waals surface area contributed by atoms with Crippen LogP contribution in [0.2, 0.25) is 0 Å². The molecular weight excluding hydrogens is 250 g/mol. The smallest absolute Gasteiger partial charge is 0.321 e. The Morgan fingerprint density at radius 2 is 2.31 bits per heavy atom. The highest BCUT2D eigenvalue weighted by Crippen LogP contribution is 2.06. The van der Waals surface area contributed by atoms with Crippen molar-refractivity contribution < 1.29 is 9.59 Å². The van der Waals surface area contributed by atoms with Gasteiger partial charge in [0.25, 0.3) is 0 Å². The third-order valence-corrected chi connectivity index (χ3v) is 2.68. The first-order valence-corrected chi connectivity index (χ1v) is 6.08. The third-order valence-electron chi connectivity index (χ3n) is 1.67. The summed E-state index contributed by atoms with van der Waals surface area (Å²) >= 11 is 6.87. The standard InChI is InChI=1S/C9H12ClN3O2S/c1-6-12-7(5-16-6)4-11-9(15)13-8(14)2-3-10/h5H,2-4H2,1H3,(H2,11,13,14,15). The van der Waals surface area contributed by atoms with Gasteiger partial charge in [0.2, 0.25) is 5.91 Å². The van der Waals surface area contributed by atoms with E-state index in [9.17, 15) is 9.59 Å². The molecule has 2 N–H and O–H groups in total. The minimum absolute atomic E-state index is 0.130. The van der Waals surface area contributed by atoms with Crippen LogP contribution in [0, 0.1) is 6.92 Å². The van der Waals surface area contributed by atoms with Crippen LogP contribution in [0.25, 0.3) is 0 Å². The Kier molecular flexibility index (Phi) is 5.21. The zero-order valence-electron chi connectivity index (χ0n) is 8.75. The van der Waals surface area contributed by atoms with E-state index in [1.165, 1.54) is 11.3 Å². The number of hydrogen-bond donors (Lipinski definition) is 2. The monoisotopic (exact) mass is 261 g/mol. The first kappa shape index (κ1) is 12.9. The predicted octanol–water partition coefficient (Wildman–Crippen LogP) is 1.41. The summed E-state index contributed by atoms with van der Waals surface area (Å²) in [6.45, 7) is 2.20. The molecule has 1 heterocycles. The maximum Gasteiger partial charge on any atom is 0.321 e. The number of amides is 3. The number of aromatic nitrogens is 1. The number of imide groups is 1. The Hall–Kier alpha value is -1.14. The minimum Gasteiger partial charge on any atom is -0.332 e. The Labute approximate surface area is 102 Å². The van der Waals surface area contributed by atoms with Crippen LogP contribution in [0.5, 0.6) is 0 Å². The summed E-state index contributed by atoms with van der Waals surface area (Å²) in [5.41, 5.74) is 0.780. The van der Waals surface area contributed by atoms with Gasteiger partial charge in [-0.15, -0.1) is 22.9 Å². The van der Waals surface area contributed by atoms with E-state index in [-0.39, 0.29) is 18.2 Å². The molecule has 0 saturated heterocycles. The molecule has 0 aliphatic heterocycles. The first-order chi connectivity index (χ1) is 7.61. The molecule has 1 aromatic rings. The number of rotatable bonds is 4. The van der Waals surface area contributed by atoms with Gasteiger partial charge in [-0.2, -0.15) is 0 Å². The second kappa shape index (κ2) is 6.44. The van der Waals surface area contributed by atoms with Gasteiger partial charge >= 0.3 is 6.03 Å². The molecule has 0 aromatic carbocycles. The SMILES string of the molecule is Cc1nc(CNC(=O)NC(=O)CCCl)cs1. The van der Waals surface area contributed by atoms with Gasteiger partial charge in [-0.3, -0.25) is 10.1 Å². The van der Waals surface area contributed by atoms with Gasteiger partial charge < -0.3 is 5.32 Å². The molecule has 0 unspecified atom stereocenters. The highest BCUT2D eigenvalue weighted by Gasteiger charge is 2.07. The van der Waals surface area contributed by atoms with Crippen LogP contribution < -0.4 is 10.6 Å². The van der Waals surface area contributed by atoms with E-state index in [1.807, 2.05) is 12.3 Å². The molecule has 16 heavy (non-hydrogen) atoms. The van der Waals surface area contributed by atoms with Crippen LogP contribution in [0.15, 0.2) is 5.38 Å².